The Labute approximate surface area is 106 Å². The van der Waals surface area contributed by atoms with E-state index in [2.05, 4.69) is 33.9 Å². The minimum atomic E-state index is -1.67. The maximum absolute atomic E-state index is 10.7. The van der Waals surface area contributed by atoms with E-state index in [1.807, 2.05) is 19.1 Å². The van der Waals surface area contributed by atoms with E-state index >= 15 is 0 Å². The molecule has 0 fully saturated rings. The Morgan fingerprint density at radius 1 is 1.35 bits per heavy atom. The van der Waals surface area contributed by atoms with Crippen LogP contribution in [0.5, 0.6) is 0 Å². The van der Waals surface area contributed by atoms with Crippen molar-refractivity contribution in [3.63, 3.8) is 0 Å². The van der Waals surface area contributed by atoms with Crippen molar-refractivity contribution >= 4 is 14.3 Å². The van der Waals surface area contributed by atoms with Gasteiger partial charge < -0.3 is 9.16 Å². The van der Waals surface area contributed by atoms with Gasteiger partial charge in [0.05, 0.1) is 6.61 Å². The zero-order chi connectivity index (χ0) is 13.7. The molecule has 0 saturated carbocycles. The van der Waals surface area contributed by atoms with Crippen LogP contribution in [-0.2, 0) is 14.0 Å². The van der Waals surface area contributed by atoms with Crippen molar-refractivity contribution in [3.8, 4) is 0 Å². The lowest BCUT2D eigenvalue weighted by Crippen LogP contribution is -2.40. The number of ether oxygens (including phenoxy) is 1. The van der Waals surface area contributed by atoms with E-state index in [-0.39, 0.29) is 17.1 Å². The maximum Gasteiger partial charge on any atom is 0.303 e. The van der Waals surface area contributed by atoms with Gasteiger partial charge in [0.1, 0.15) is 6.10 Å². The van der Waals surface area contributed by atoms with Crippen LogP contribution in [0.4, 0.5) is 0 Å². The molecule has 17 heavy (non-hydrogen) atoms. The summed E-state index contributed by atoms with van der Waals surface area (Å²) in [6.45, 7) is 14.9. The molecule has 0 unspecified atom stereocenters. The largest absolute Gasteiger partial charge is 0.459 e. The van der Waals surface area contributed by atoms with E-state index in [1.165, 1.54) is 6.92 Å². The molecule has 0 aliphatic heterocycles. The van der Waals surface area contributed by atoms with E-state index in [1.54, 1.807) is 0 Å². The molecule has 100 valence electrons. The smallest absolute Gasteiger partial charge is 0.303 e. The minimum absolute atomic E-state index is 0.185. The molecule has 0 heterocycles. The first kappa shape index (κ1) is 16.4. The molecule has 0 aromatic carbocycles. The van der Waals surface area contributed by atoms with Crippen molar-refractivity contribution in [2.75, 3.05) is 6.61 Å². The predicted molar refractivity (Wildman–Crippen MR) is 73.5 cm³/mol. The van der Waals surface area contributed by atoms with Gasteiger partial charge in [-0.3, -0.25) is 4.79 Å². The Hall–Kier alpha value is -0.613. The van der Waals surface area contributed by atoms with Gasteiger partial charge in [-0.2, -0.15) is 0 Å². The van der Waals surface area contributed by atoms with E-state index in [0.29, 0.717) is 6.61 Å². The number of carbonyl (C=O) groups excluding carboxylic acids is 1. The topological polar surface area (TPSA) is 35.5 Å². The molecule has 3 nitrogen and oxygen atoms in total. The first-order chi connectivity index (χ1) is 7.56. The van der Waals surface area contributed by atoms with Gasteiger partial charge in [0, 0.05) is 6.92 Å². The van der Waals surface area contributed by atoms with Gasteiger partial charge in [0.25, 0.3) is 0 Å². The number of hydrogen-bond donors (Lipinski definition) is 0. The van der Waals surface area contributed by atoms with Crippen LogP contribution in [0.2, 0.25) is 18.1 Å². The molecule has 1 atom stereocenters. The summed E-state index contributed by atoms with van der Waals surface area (Å²) in [7, 11) is -1.67. The van der Waals surface area contributed by atoms with Gasteiger partial charge in [-0.25, -0.2) is 0 Å². The van der Waals surface area contributed by atoms with Crippen molar-refractivity contribution < 1.29 is 14.0 Å². The van der Waals surface area contributed by atoms with Crippen LogP contribution in [0.25, 0.3) is 0 Å². The summed E-state index contributed by atoms with van der Waals surface area (Å²) in [6, 6.07) is 0. The first-order valence-electron chi connectivity index (χ1n) is 6.04. The van der Waals surface area contributed by atoms with Crippen molar-refractivity contribution in [3.05, 3.63) is 12.2 Å². The third-order valence-electron chi connectivity index (χ3n) is 3.11. The van der Waals surface area contributed by atoms with Gasteiger partial charge >= 0.3 is 5.97 Å². The van der Waals surface area contributed by atoms with Crippen LogP contribution in [0.15, 0.2) is 12.2 Å². The van der Waals surface area contributed by atoms with Crippen LogP contribution < -0.4 is 0 Å². The molecule has 0 aromatic heterocycles. The second-order valence-corrected chi connectivity index (χ2v) is 10.6. The lowest BCUT2D eigenvalue weighted by molar-refractivity contribution is -0.143. The molecule has 0 N–H and O–H groups in total. The Morgan fingerprint density at radius 2 is 1.88 bits per heavy atom. The average Bonchev–Trinajstić information content (AvgIpc) is 2.09. The summed E-state index contributed by atoms with van der Waals surface area (Å²) in [6.07, 6.45) is 3.60. The highest BCUT2D eigenvalue weighted by atomic mass is 28.4. The van der Waals surface area contributed by atoms with Crippen LogP contribution >= 0.6 is 0 Å². The molecule has 0 saturated heterocycles. The van der Waals surface area contributed by atoms with E-state index in [0.717, 1.165) is 0 Å². The van der Waals surface area contributed by atoms with Crippen molar-refractivity contribution in [1.82, 2.24) is 0 Å². The molecule has 4 heteroatoms. The summed E-state index contributed by atoms with van der Waals surface area (Å²) in [5.41, 5.74) is 0. The zero-order valence-electron chi connectivity index (χ0n) is 12.2. The molecule has 0 aliphatic rings. The van der Waals surface area contributed by atoms with Crippen molar-refractivity contribution in [1.29, 1.82) is 0 Å². The Bertz CT molecular complexity index is 277. The van der Waals surface area contributed by atoms with E-state index in [4.69, 9.17) is 9.16 Å². The molecule has 0 rings (SSSR count). The van der Waals surface area contributed by atoms with Crippen LogP contribution in [0.3, 0.4) is 0 Å². The van der Waals surface area contributed by atoms with Gasteiger partial charge in [-0.1, -0.05) is 26.8 Å². The lowest BCUT2D eigenvalue weighted by Gasteiger charge is -2.35. The maximum atomic E-state index is 10.7. The Kier molecular flexibility index (Phi) is 6.13. The van der Waals surface area contributed by atoms with Gasteiger partial charge in [0.15, 0.2) is 8.32 Å². The molecule has 0 aliphatic carbocycles. The summed E-state index contributed by atoms with van der Waals surface area (Å²) >= 11 is 0. The second kappa shape index (κ2) is 6.35. The monoisotopic (exact) mass is 258 g/mol. The van der Waals surface area contributed by atoms with Crippen LogP contribution in [-0.4, -0.2) is 27.0 Å². The normalized spacial score (nSPS) is 15.0. The van der Waals surface area contributed by atoms with Crippen LogP contribution in [0.1, 0.15) is 34.6 Å². The summed E-state index contributed by atoms with van der Waals surface area (Å²) < 4.78 is 10.9. The molecule has 0 radical (unpaired) electrons. The number of carbonyl (C=O) groups is 1. The molecular formula is C13H26O3Si. The molecular weight excluding hydrogens is 232 g/mol. The fourth-order valence-corrected chi connectivity index (χ4v) is 1.97. The molecule has 0 amide bonds. The number of rotatable bonds is 5. The fourth-order valence-electron chi connectivity index (χ4n) is 1.02. The molecule has 0 bridgehead atoms. The highest BCUT2D eigenvalue weighted by Crippen LogP contribution is 2.36. The summed E-state index contributed by atoms with van der Waals surface area (Å²) in [5.74, 6) is -0.257. The second-order valence-electron chi connectivity index (χ2n) is 5.81. The minimum Gasteiger partial charge on any atom is -0.459 e. The lowest BCUT2D eigenvalue weighted by atomic mass is 10.2. The quantitative estimate of drug-likeness (QED) is 0.430. The number of esters is 1. The Balaban J connectivity index is 4.07. The highest BCUT2D eigenvalue weighted by Gasteiger charge is 2.36. The van der Waals surface area contributed by atoms with Crippen LogP contribution in [0, 0.1) is 0 Å². The van der Waals surface area contributed by atoms with Gasteiger partial charge in [0.2, 0.25) is 0 Å². The first-order valence-corrected chi connectivity index (χ1v) is 8.95. The van der Waals surface area contributed by atoms with Crippen molar-refractivity contribution in [2.24, 2.45) is 0 Å². The standard InChI is InChI=1S/C13H26O3Si/c1-11(16-12(2)14)9-8-10-15-17(6,7)13(3,4)5/h8-9,11H,10H2,1-7H3/t11-/m1/s1. The van der Waals surface area contributed by atoms with Gasteiger partial charge in [-0.15, -0.1) is 0 Å². The van der Waals surface area contributed by atoms with E-state index < -0.39 is 8.32 Å². The van der Waals surface area contributed by atoms with E-state index in [9.17, 15) is 4.79 Å². The Morgan fingerprint density at radius 3 is 2.29 bits per heavy atom. The highest BCUT2D eigenvalue weighted by molar-refractivity contribution is 6.74. The third-order valence-corrected chi connectivity index (χ3v) is 7.61. The third kappa shape index (κ3) is 6.63. The average molecular weight is 258 g/mol. The van der Waals surface area contributed by atoms with Gasteiger partial charge in [-0.05, 0) is 31.1 Å². The van der Waals surface area contributed by atoms with Crippen molar-refractivity contribution in [2.45, 2.75) is 58.9 Å². The SMILES string of the molecule is CC(=O)O[C@H](C)C=CCO[Si](C)(C)C(C)(C)C. The summed E-state index contributed by atoms with van der Waals surface area (Å²) in [5, 5.41) is 0.225. The summed E-state index contributed by atoms with van der Waals surface area (Å²) in [4.78, 5) is 10.7. The molecule has 0 aromatic rings. The molecule has 0 spiro atoms. The zero-order valence-corrected chi connectivity index (χ0v) is 13.2. The number of hydrogen-bond acceptors (Lipinski definition) is 3. The predicted octanol–water partition coefficient (Wildman–Crippen LogP) is 3.52. The fraction of sp³-hybridized carbons (Fsp3) is 0.769.